The fraction of sp³-hybridized carbons (Fsp3) is 0.250. The van der Waals surface area contributed by atoms with E-state index in [-0.39, 0.29) is 5.02 Å². The maximum atomic E-state index is 13.2. The van der Waals surface area contributed by atoms with Crippen molar-refractivity contribution in [3.63, 3.8) is 0 Å². The lowest BCUT2D eigenvalue weighted by molar-refractivity contribution is 0.207. The molecule has 0 fully saturated rings. The highest BCUT2D eigenvalue weighted by atomic mass is 35.5. The highest BCUT2D eigenvalue weighted by Gasteiger charge is 2.16. The van der Waals surface area contributed by atoms with Crippen molar-refractivity contribution < 1.29 is 9.50 Å². The van der Waals surface area contributed by atoms with Gasteiger partial charge >= 0.3 is 0 Å². The van der Waals surface area contributed by atoms with Crippen molar-refractivity contribution in [1.29, 1.82) is 0 Å². The molecule has 0 saturated carbocycles. The van der Waals surface area contributed by atoms with Gasteiger partial charge in [-0.1, -0.05) is 11.6 Å². The van der Waals surface area contributed by atoms with Crippen LogP contribution in [0.1, 0.15) is 24.3 Å². The predicted octanol–water partition coefficient (Wildman–Crippen LogP) is 2.78. The molecule has 5 heteroatoms. The van der Waals surface area contributed by atoms with Crippen molar-refractivity contribution in [1.82, 2.24) is 9.78 Å². The monoisotopic (exact) mass is 254 g/mol. The summed E-state index contributed by atoms with van der Waals surface area (Å²) < 4.78 is 14.9. The molecule has 0 saturated heterocycles. The van der Waals surface area contributed by atoms with Gasteiger partial charge in [-0.2, -0.15) is 5.10 Å². The Labute approximate surface area is 103 Å². The Morgan fingerprint density at radius 1 is 1.47 bits per heavy atom. The van der Waals surface area contributed by atoms with Gasteiger partial charge in [0.1, 0.15) is 11.9 Å². The van der Waals surface area contributed by atoms with Crippen molar-refractivity contribution in [2.24, 2.45) is 0 Å². The molecule has 2 aromatic rings. The minimum atomic E-state index is -0.925. The van der Waals surface area contributed by atoms with Crippen LogP contribution in [0.4, 0.5) is 4.39 Å². The van der Waals surface area contributed by atoms with Crippen molar-refractivity contribution in [3.05, 3.63) is 52.6 Å². The van der Waals surface area contributed by atoms with Crippen LogP contribution in [-0.4, -0.2) is 14.9 Å². The number of aliphatic hydroxyl groups is 1. The van der Waals surface area contributed by atoms with Gasteiger partial charge in [-0.3, -0.25) is 4.68 Å². The largest absolute Gasteiger partial charge is 0.382 e. The molecule has 0 bridgehead atoms. The first-order valence-electron chi connectivity index (χ1n) is 5.27. The van der Waals surface area contributed by atoms with Gasteiger partial charge in [0.15, 0.2) is 0 Å². The minimum absolute atomic E-state index is 0.265. The van der Waals surface area contributed by atoms with Gasteiger partial charge in [0.2, 0.25) is 0 Å². The fourth-order valence-electron chi connectivity index (χ4n) is 1.74. The van der Waals surface area contributed by atoms with E-state index in [1.54, 1.807) is 23.0 Å². The molecule has 0 aliphatic rings. The predicted molar refractivity (Wildman–Crippen MR) is 63.4 cm³/mol. The average molecular weight is 255 g/mol. The van der Waals surface area contributed by atoms with Gasteiger partial charge in [0.05, 0.1) is 5.69 Å². The Morgan fingerprint density at radius 2 is 2.24 bits per heavy atom. The summed E-state index contributed by atoms with van der Waals surface area (Å²) >= 11 is 5.76. The summed E-state index contributed by atoms with van der Waals surface area (Å²) in [7, 11) is 0. The van der Waals surface area contributed by atoms with E-state index >= 15 is 0 Å². The number of nitrogens with zero attached hydrogens (tertiary/aromatic N) is 2. The van der Waals surface area contributed by atoms with E-state index in [9.17, 15) is 9.50 Å². The molecule has 1 aromatic heterocycles. The molecule has 1 heterocycles. The van der Waals surface area contributed by atoms with Crippen LogP contribution < -0.4 is 0 Å². The molecular formula is C12H12ClFN2O. The van der Waals surface area contributed by atoms with Gasteiger partial charge < -0.3 is 5.11 Å². The lowest BCUT2D eigenvalue weighted by Gasteiger charge is -2.13. The van der Waals surface area contributed by atoms with Gasteiger partial charge in [-0.05, 0) is 36.8 Å². The number of hydrogen-bond donors (Lipinski definition) is 1. The normalized spacial score (nSPS) is 12.7. The Hall–Kier alpha value is -1.39. The second-order valence-corrected chi connectivity index (χ2v) is 4.11. The van der Waals surface area contributed by atoms with Crippen molar-refractivity contribution in [3.8, 4) is 0 Å². The molecular weight excluding hydrogens is 243 g/mol. The first-order chi connectivity index (χ1) is 8.11. The smallest absolute Gasteiger partial charge is 0.125 e. The third-order valence-electron chi connectivity index (χ3n) is 2.53. The highest BCUT2D eigenvalue weighted by Crippen LogP contribution is 2.25. The molecule has 17 heavy (non-hydrogen) atoms. The van der Waals surface area contributed by atoms with Gasteiger partial charge in [-0.25, -0.2) is 4.39 Å². The first-order valence-corrected chi connectivity index (χ1v) is 5.65. The highest BCUT2D eigenvalue weighted by molar-refractivity contribution is 6.30. The van der Waals surface area contributed by atoms with Crippen LogP contribution in [0.2, 0.25) is 5.02 Å². The van der Waals surface area contributed by atoms with Crippen LogP contribution in [0.15, 0.2) is 30.5 Å². The summed E-state index contributed by atoms with van der Waals surface area (Å²) in [5, 5.41) is 14.5. The van der Waals surface area contributed by atoms with E-state index in [0.717, 1.165) is 0 Å². The van der Waals surface area contributed by atoms with Crippen LogP contribution in [0.5, 0.6) is 0 Å². The van der Waals surface area contributed by atoms with Gasteiger partial charge in [0, 0.05) is 17.8 Å². The number of benzene rings is 1. The lowest BCUT2D eigenvalue weighted by atomic mass is 10.1. The average Bonchev–Trinajstić information content (AvgIpc) is 2.74. The zero-order valence-electron chi connectivity index (χ0n) is 9.27. The van der Waals surface area contributed by atoms with Crippen molar-refractivity contribution >= 4 is 11.6 Å². The Morgan fingerprint density at radius 3 is 2.88 bits per heavy atom. The summed E-state index contributed by atoms with van der Waals surface area (Å²) in [5.74, 6) is -0.464. The first kappa shape index (κ1) is 12.1. The lowest BCUT2D eigenvalue weighted by Crippen LogP contribution is -2.09. The molecule has 1 aromatic carbocycles. The summed E-state index contributed by atoms with van der Waals surface area (Å²) in [6, 6.07) is 5.72. The van der Waals surface area contributed by atoms with E-state index in [2.05, 4.69) is 5.10 Å². The molecule has 0 aliphatic heterocycles. The van der Waals surface area contributed by atoms with E-state index in [0.29, 0.717) is 17.8 Å². The molecule has 0 amide bonds. The third kappa shape index (κ3) is 2.48. The van der Waals surface area contributed by atoms with Gasteiger partial charge in [0.25, 0.3) is 0 Å². The third-order valence-corrected chi connectivity index (χ3v) is 2.75. The number of aliphatic hydroxyl groups excluding tert-OH is 1. The van der Waals surface area contributed by atoms with Crippen LogP contribution in [0, 0.1) is 5.82 Å². The summed E-state index contributed by atoms with van der Waals surface area (Å²) in [6.45, 7) is 2.56. The van der Waals surface area contributed by atoms with Crippen molar-refractivity contribution in [2.45, 2.75) is 19.6 Å². The molecule has 0 radical (unpaired) electrons. The van der Waals surface area contributed by atoms with E-state index in [4.69, 9.17) is 11.6 Å². The van der Waals surface area contributed by atoms with Crippen LogP contribution in [0.3, 0.4) is 0 Å². The quantitative estimate of drug-likeness (QED) is 0.915. The SMILES string of the molecule is CCn1nccc1C(O)c1cc(F)cc(Cl)c1. The summed E-state index contributed by atoms with van der Waals surface area (Å²) in [4.78, 5) is 0. The molecule has 2 rings (SSSR count). The standard InChI is InChI=1S/C12H12ClFN2O/c1-2-16-11(3-4-15-16)12(17)8-5-9(13)7-10(14)6-8/h3-7,12,17H,2H2,1H3. The number of aryl methyl sites for hydroxylation is 1. The molecule has 0 aliphatic carbocycles. The molecule has 1 N–H and O–H groups in total. The second-order valence-electron chi connectivity index (χ2n) is 3.68. The minimum Gasteiger partial charge on any atom is -0.382 e. The molecule has 1 unspecified atom stereocenters. The van der Waals surface area contributed by atoms with Gasteiger partial charge in [-0.15, -0.1) is 0 Å². The Bertz CT molecular complexity index is 507. The number of rotatable bonds is 3. The van der Waals surface area contributed by atoms with E-state index in [1.165, 1.54) is 12.1 Å². The number of aromatic nitrogens is 2. The fourth-order valence-corrected chi connectivity index (χ4v) is 1.97. The number of halogens is 2. The molecule has 3 nitrogen and oxygen atoms in total. The van der Waals surface area contributed by atoms with E-state index in [1.807, 2.05) is 6.92 Å². The summed E-state index contributed by atoms with van der Waals surface area (Å²) in [5.41, 5.74) is 1.04. The Kier molecular flexibility index (Phi) is 3.45. The van der Waals surface area contributed by atoms with Crippen LogP contribution in [0.25, 0.3) is 0 Å². The summed E-state index contributed by atoms with van der Waals surface area (Å²) in [6.07, 6.45) is 0.675. The Balaban J connectivity index is 2.39. The topological polar surface area (TPSA) is 38.0 Å². The van der Waals surface area contributed by atoms with Crippen LogP contribution >= 0.6 is 11.6 Å². The zero-order chi connectivity index (χ0) is 12.4. The molecule has 90 valence electrons. The van der Waals surface area contributed by atoms with E-state index < -0.39 is 11.9 Å². The zero-order valence-corrected chi connectivity index (χ0v) is 10.0. The maximum Gasteiger partial charge on any atom is 0.125 e. The molecule has 0 spiro atoms. The molecule has 1 atom stereocenters. The van der Waals surface area contributed by atoms with Crippen LogP contribution in [-0.2, 0) is 6.54 Å². The maximum absolute atomic E-state index is 13.2. The second kappa shape index (κ2) is 4.85. The number of hydrogen-bond acceptors (Lipinski definition) is 2. The van der Waals surface area contributed by atoms with Crippen molar-refractivity contribution in [2.75, 3.05) is 0 Å².